The Hall–Kier alpha value is -2.56. The number of aliphatic hydroxyl groups is 2. The van der Waals surface area contributed by atoms with Crippen LogP contribution in [0, 0.1) is 11.8 Å². The van der Waals surface area contributed by atoms with Crippen LogP contribution in [0.1, 0.15) is 44.9 Å². The highest BCUT2D eigenvalue weighted by Crippen LogP contribution is 2.49. The summed E-state index contributed by atoms with van der Waals surface area (Å²) in [6, 6.07) is 14.5. The molecule has 37 heavy (non-hydrogen) atoms. The summed E-state index contributed by atoms with van der Waals surface area (Å²) in [5.74, 6) is -0.287. The van der Waals surface area contributed by atoms with Crippen LogP contribution < -0.4 is 5.32 Å². The number of hydrogen-bond acceptors (Lipinski definition) is 8. The SMILES string of the molecule is CN(CCNC(=O)c1cccc(CO)c1)[C@H]1C[C@H]2CC[C@@H]1[C@@H]2OC(=O)C(O)(c1cccs1)c1cccs1. The van der Waals surface area contributed by atoms with Crippen molar-refractivity contribution in [3.8, 4) is 0 Å². The van der Waals surface area contributed by atoms with E-state index in [0.29, 0.717) is 34.0 Å². The van der Waals surface area contributed by atoms with E-state index in [1.54, 1.807) is 36.4 Å². The second-order valence-corrected chi connectivity index (χ2v) is 11.8. The molecule has 196 valence electrons. The molecule has 0 unspecified atom stereocenters. The largest absolute Gasteiger partial charge is 0.459 e. The molecule has 0 aliphatic heterocycles. The van der Waals surface area contributed by atoms with E-state index in [1.807, 2.05) is 22.9 Å². The van der Waals surface area contributed by atoms with Gasteiger partial charge in [0.2, 0.25) is 5.60 Å². The maximum absolute atomic E-state index is 13.5. The third-order valence-electron chi connectivity index (χ3n) is 7.78. The Balaban J connectivity index is 1.20. The number of likely N-dealkylation sites (N-methyl/N-ethyl adjacent to an activating group) is 1. The second kappa shape index (κ2) is 11.0. The normalized spacial score (nSPS) is 22.9. The number of nitrogens with zero attached hydrogens (tertiary/aromatic N) is 1. The standard InChI is InChI=1S/C28H32N2O5S2/c1-30(12-11-29-26(32)20-6-2-5-18(15-20)17-31)22-16-19-9-10-21(22)25(19)35-27(33)28(34,23-7-3-13-36-23)24-8-4-14-37-24/h2-8,13-15,19,21-22,25,31,34H,9-12,16-17H2,1H3,(H,29,32)/t19-,21+,22+,25-/m1/s1. The van der Waals surface area contributed by atoms with Crippen molar-refractivity contribution in [2.45, 2.75) is 43.6 Å². The number of esters is 1. The van der Waals surface area contributed by atoms with E-state index in [1.165, 1.54) is 22.7 Å². The van der Waals surface area contributed by atoms with Crippen molar-refractivity contribution in [2.24, 2.45) is 11.8 Å². The highest BCUT2D eigenvalue weighted by molar-refractivity contribution is 7.12. The summed E-state index contributed by atoms with van der Waals surface area (Å²) in [7, 11) is 2.05. The smallest absolute Gasteiger partial charge is 0.349 e. The van der Waals surface area contributed by atoms with E-state index >= 15 is 0 Å². The molecule has 2 fully saturated rings. The molecular weight excluding hydrogens is 508 g/mol. The Labute approximate surface area is 224 Å². The van der Waals surface area contributed by atoms with E-state index in [9.17, 15) is 19.8 Å². The first-order valence-electron chi connectivity index (χ1n) is 12.6. The summed E-state index contributed by atoms with van der Waals surface area (Å²) >= 11 is 2.70. The van der Waals surface area contributed by atoms with Gasteiger partial charge < -0.3 is 25.2 Å². The van der Waals surface area contributed by atoms with Crippen molar-refractivity contribution in [2.75, 3.05) is 20.1 Å². The number of nitrogens with one attached hydrogen (secondary N) is 1. The van der Waals surface area contributed by atoms with Crippen LogP contribution in [-0.2, 0) is 21.7 Å². The Bertz CT molecular complexity index is 1180. The zero-order valence-electron chi connectivity index (χ0n) is 20.7. The minimum Gasteiger partial charge on any atom is -0.459 e. The maximum atomic E-state index is 13.5. The number of hydrogen-bond donors (Lipinski definition) is 3. The number of fused-ring (bicyclic) bond motifs is 2. The van der Waals surface area contributed by atoms with E-state index < -0.39 is 11.6 Å². The molecule has 2 aromatic heterocycles. The summed E-state index contributed by atoms with van der Waals surface area (Å²) in [6.07, 6.45) is 2.71. The van der Waals surface area contributed by atoms with Gasteiger partial charge in [0.15, 0.2) is 0 Å². The molecule has 4 atom stereocenters. The lowest BCUT2D eigenvalue weighted by Crippen LogP contribution is -2.43. The highest BCUT2D eigenvalue weighted by Gasteiger charge is 2.54. The number of benzene rings is 1. The molecule has 2 bridgehead atoms. The quantitative estimate of drug-likeness (QED) is 0.340. The van der Waals surface area contributed by atoms with Gasteiger partial charge >= 0.3 is 5.97 Å². The molecule has 1 amide bonds. The predicted octanol–water partition coefficient (Wildman–Crippen LogP) is 3.61. The van der Waals surface area contributed by atoms with E-state index in [0.717, 1.165) is 19.3 Å². The van der Waals surface area contributed by atoms with Crippen LogP contribution in [0.5, 0.6) is 0 Å². The molecule has 0 spiro atoms. The molecule has 3 N–H and O–H groups in total. The minimum absolute atomic E-state index is 0.0993. The lowest BCUT2D eigenvalue weighted by atomic mass is 9.94. The summed E-state index contributed by atoms with van der Waals surface area (Å²) in [5, 5.41) is 27.6. The molecule has 2 aliphatic carbocycles. The van der Waals surface area contributed by atoms with Gasteiger partial charge in [-0.25, -0.2) is 4.79 Å². The first kappa shape index (κ1) is 26.1. The zero-order valence-corrected chi connectivity index (χ0v) is 22.3. The molecule has 3 aromatic rings. The van der Waals surface area contributed by atoms with Gasteiger partial charge in [-0.3, -0.25) is 4.79 Å². The molecule has 5 rings (SSSR count). The molecule has 0 radical (unpaired) electrons. The van der Waals surface area contributed by atoms with Crippen LogP contribution in [-0.4, -0.2) is 59.3 Å². The van der Waals surface area contributed by atoms with Crippen LogP contribution in [0.2, 0.25) is 0 Å². The van der Waals surface area contributed by atoms with Crippen LogP contribution in [0.3, 0.4) is 0 Å². The van der Waals surface area contributed by atoms with Gasteiger partial charge in [0.1, 0.15) is 6.10 Å². The average molecular weight is 541 g/mol. The van der Waals surface area contributed by atoms with E-state index in [4.69, 9.17) is 4.74 Å². The van der Waals surface area contributed by atoms with Crippen molar-refractivity contribution in [1.82, 2.24) is 10.2 Å². The van der Waals surface area contributed by atoms with Gasteiger partial charge in [-0.05, 0) is 72.8 Å². The lowest BCUT2D eigenvalue weighted by molar-refractivity contribution is -0.170. The number of thiophene rings is 2. The Morgan fingerprint density at radius 1 is 1.11 bits per heavy atom. The Kier molecular flexibility index (Phi) is 7.78. The van der Waals surface area contributed by atoms with Crippen molar-refractivity contribution in [3.05, 3.63) is 80.2 Å². The molecular formula is C28H32N2O5S2. The number of amides is 1. The van der Waals surface area contributed by atoms with E-state index in [-0.39, 0.29) is 36.5 Å². The fourth-order valence-corrected chi connectivity index (χ4v) is 7.56. The first-order chi connectivity index (χ1) is 17.9. The summed E-state index contributed by atoms with van der Waals surface area (Å²) < 4.78 is 6.12. The van der Waals surface area contributed by atoms with Gasteiger partial charge in [0.05, 0.1) is 16.4 Å². The fraction of sp³-hybridized carbons (Fsp3) is 0.429. The van der Waals surface area contributed by atoms with Crippen molar-refractivity contribution >= 4 is 34.6 Å². The third kappa shape index (κ3) is 5.11. The van der Waals surface area contributed by atoms with Gasteiger partial charge in [-0.1, -0.05) is 24.3 Å². The van der Waals surface area contributed by atoms with Crippen LogP contribution in [0.4, 0.5) is 0 Å². The van der Waals surface area contributed by atoms with Crippen molar-refractivity contribution in [3.63, 3.8) is 0 Å². The average Bonchev–Trinajstić information content (AvgIpc) is 3.74. The van der Waals surface area contributed by atoms with Crippen LogP contribution in [0.15, 0.2) is 59.3 Å². The molecule has 1 aromatic carbocycles. The lowest BCUT2D eigenvalue weighted by Gasteiger charge is -2.32. The second-order valence-electron chi connectivity index (χ2n) is 9.93. The maximum Gasteiger partial charge on any atom is 0.349 e. The molecule has 0 saturated heterocycles. The van der Waals surface area contributed by atoms with Crippen molar-refractivity contribution in [1.29, 1.82) is 0 Å². The monoisotopic (exact) mass is 540 g/mol. The number of rotatable bonds is 10. The number of carbonyl (C=O) groups is 2. The predicted molar refractivity (Wildman–Crippen MR) is 143 cm³/mol. The number of ether oxygens (including phenoxy) is 1. The molecule has 7 nitrogen and oxygen atoms in total. The third-order valence-corrected chi connectivity index (χ3v) is 9.74. The number of aliphatic hydroxyl groups excluding tert-OH is 1. The van der Waals surface area contributed by atoms with Gasteiger partial charge in [0, 0.05) is 30.6 Å². The molecule has 2 heterocycles. The van der Waals surface area contributed by atoms with Gasteiger partial charge in [-0.15, -0.1) is 22.7 Å². The summed E-state index contributed by atoms with van der Waals surface area (Å²) in [5.41, 5.74) is -0.550. The zero-order chi connectivity index (χ0) is 26.0. The van der Waals surface area contributed by atoms with Crippen LogP contribution in [0.25, 0.3) is 0 Å². The fourth-order valence-electron chi connectivity index (χ4n) is 5.85. The highest BCUT2D eigenvalue weighted by atomic mass is 32.1. The number of carbonyl (C=O) groups excluding carboxylic acids is 2. The van der Waals surface area contributed by atoms with Gasteiger partial charge in [-0.2, -0.15) is 0 Å². The summed E-state index contributed by atoms with van der Waals surface area (Å²) in [6.45, 7) is 1.07. The molecule has 2 saturated carbocycles. The minimum atomic E-state index is -1.79. The molecule has 2 aliphatic rings. The van der Waals surface area contributed by atoms with Gasteiger partial charge in [0.25, 0.3) is 5.91 Å². The molecule has 9 heteroatoms. The Morgan fingerprint density at radius 3 is 2.49 bits per heavy atom. The first-order valence-corrected chi connectivity index (χ1v) is 14.4. The van der Waals surface area contributed by atoms with Crippen LogP contribution >= 0.6 is 22.7 Å². The Morgan fingerprint density at radius 2 is 1.84 bits per heavy atom. The van der Waals surface area contributed by atoms with E-state index in [2.05, 4.69) is 17.3 Å². The van der Waals surface area contributed by atoms with Crippen molar-refractivity contribution < 1.29 is 24.5 Å². The summed E-state index contributed by atoms with van der Waals surface area (Å²) in [4.78, 5) is 29.4. The topological polar surface area (TPSA) is 99.1 Å².